The van der Waals surface area contributed by atoms with E-state index < -0.39 is 0 Å². The molecular weight excluding hydrogens is 144 g/mol. The lowest BCUT2D eigenvalue weighted by Crippen LogP contribution is -2.32. The predicted octanol–water partition coefficient (Wildman–Crippen LogP) is 0.0944. The highest BCUT2D eigenvalue weighted by atomic mass is 16.6. The molecule has 0 spiro atoms. The quantitative estimate of drug-likeness (QED) is 0.612. The van der Waals surface area contributed by atoms with E-state index in [1.54, 1.807) is 0 Å². The molecular formula is C7H14N2O2. The summed E-state index contributed by atoms with van der Waals surface area (Å²) < 4.78 is 5.06. The zero-order valence-corrected chi connectivity index (χ0v) is 6.94. The smallest absolute Gasteiger partial charge is 0.407 e. The maximum Gasteiger partial charge on any atom is 0.407 e. The number of carbonyl (C=O) groups excluding carboxylic acids is 1. The lowest BCUT2D eigenvalue weighted by atomic mass is 10.0. The first-order valence-corrected chi connectivity index (χ1v) is 3.78. The van der Waals surface area contributed by atoms with E-state index >= 15 is 0 Å². The molecule has 1 aliphatic heterocycles. The lowest BCUT2D eigenvalue weighted by molar-refractivity contribution is 0.0657. The molecule has 64 valence electrons. The molecule has 1 fully saturated rings. The van der Waals surface area contributed by atoms with Gasteiger partial charge in [0.05, 0.1) is 6.54 Å². The Morgan fingerprint density at radius 2 is 2.55 bits per heavy atom. The van der Waals surface area contributed by atoms with E-state index in [1.807, 2.05) is 14.0 Å². The van der Waals surface area contributed by atoms with E-state index in [4.69, 9.17) is 4.74 Å². The molecule has 0 bridgehead atoms. The van der Waals surface area contributed by atoms with E-state index in [1.165, 1.54) is 0 Å². The first kappa shape index (κ1) is 8.33. The monoisotopic (exact) mass is 158 g/mol. The summed E-state index contributed by atoms with van der Waals surface area (Å²) in [7, 11) is 1.88. The topological polar surface area (TPSA) is 50.4 Å². The van der Waals surface area contributed by atoms with Crippen LogP contribution in [0.15, 0.2) is 0 Å². The molecule has 0 radical (unpaired) electrons. The Balaban J connectivity index is 2.35. The Hall–Kier alpha value is -0.770. The number of hydrogen-bond donors (Lipinski definition) is 2. The molecule has 1 amide bonds. The molecule has 0 aromatic rings. The molecule has 1 unspecified atom stereocenters. The second-order valence-electron chi connectivity index (χ2n) is 3.05. The standard InChI is InChI=1S/C7H14N2O2/c1-7(3-4-8-2)5-9-6(10)11-7/h8H,3-5H2,1-2H3,(H,9,10). The van der Waals surface area contributed by atoms with Crippen LogP contribution in [0.1, 0.15) is 13.3 Å². The van der Waals surface area contributed by atoms with Crippen molar-refractivity contribution in [1.82, 2.24) is 10.6 Å². The highest BCUT2D eigenvalue weighted by Gasteiger charge is 2.34. The summed E-state index contributed by atoms with van der Waals surface area (Å²) in [6.07, 6.45) is 0.547. The summed E-state index contributed by atoms with van der Waals surface area (Å²) in [5, 5.41) is 5.65. The Morgan fingerprint density at radius 3 is 3.00 bits per heavy atom. The molecule has 0 aromatic heterocycles. The van der Waals surface area contributed by atoms with E-state index in [2.05, 4.69) is 10.6 Å². The fourth-order valence-corrected chi connectivity index (χ4v) is 1.08. The van der Waals surface area contributed by atoms with Gasteiger partial charge < -0.3 is 15.4 Å². The number of hydrogen-bond acceptors (Lipinski definition) is 3. The summed E-state index contributed by atoms with van der Waals surface area (Å²) in [6.45, 7) is 3.42. The van der Waals surface area contributed by atoms with Crippen molar-refractivity contribution in [3.63, 3.8) is 0 Å². The number of rotatable bonds is 3. The van der Waals surface area contributed by atoms with Crippen molar-refractivity contribution in [3.05, 3.63) is 0 Å². The largest absolute Gasteiger partial charge is 0.441 e. The first-order chi connectivity index (χ1) is 5.16. The average molecular weight is 158 g/mol. The fourth-order valence-electron chi connectivity index (χ4n) is 1.08. The Bertz CT molecular complexity index is 161. The number of ether oxygens (including phenoxy) is 1. The number of nitrogens with one attached hydrogen (secondary N) is 2. The van der Waals surface area contributed by atoms with Gasteiger partial charge in [-0.1, -0.05) is 0 Å². The van der Waals surface area contributed by atoms with Crippen LogP contribution >= 0.6 is 0 Å². The summed E-state index contributed by atoms with van der Waals surface area (Å²) >= 11 is 0. The SMILES string of the molecule is CNCCC1(C)CNC(=O)O1. The summed E-state index contributed by atoms with van der Waals surface area (Å²) in [5.74, 6) is 0. The molecule has 2 N–H and O–H groups in total. The maximum atomic E-state index is 10.7. The van der Waals surface area contributed by atoms with E-state index in [0.717, 1.165) is 13.0 Å². The van der Waals surface area contributed by atoms with Crippen molar-refractivity contribution >= 4 is 6.09 Å². The predicted molar refractivity (Wildman–Crippen MR) is 41.4 cm³/mol. The van der Waals surface area contributed by atoms with Gasteiger partial charge in [0.2, 0.25) is 0 Å². The van der Waals surface area contributed by atoms with Crippen molar-refractivity contribution in [1.29, 1.82) is 0 Å². The van der Waals surface area contributed by atoms with Gasteiger partial charge in [0.15, 0.2) is 0 Å². The van der Waals surface area contributed by atoms with Crippen LogP contribution in [0.5, 0.6) is 0 Å². The van der Waals surface area contributed by atoms with Gasteiger partial charge in [0.1, 0.15) is 5.60 Å². The summed E-state index contributed by atoms with van der Waals surface area (Å²) in [4.78, 5) is 10.7. The molecule has 11 heavy (non-hydrogen) atoms. The molecule has 0 aliphatic carbocycles. The van der Waals surface area contributed by atoms with Gasteiger partial charge >= 0.3 is 6.09 Å². The van der Waals surface area contributed by atoms with Gasteiger partial charge in [0.25, 0.3) is 0 Å². The molecule has 1 heterocycles. The van der Waals surface area contributed by atoms with Crippen LogP contribution in [-0.2, 0) is 4.74 Å². The second kappa shape index (κ2) is 3.09. The molecule has 4 heteroatoms. The number of cyclic esters (lactones) is 1. The number of carbonyl (C=O) groups is 1. The van der Waals surface area contributed by atoms with Crippen LogP contribution in [0.2, 0.25) is 0 Å². The molecule has 1 aliphatic rings. The van der Waals surface area contributed by atoms with Crippen LogP contribution in [0.3, 0.4) is 0 Å². The van der Waals surface area contributed by atoms with E-state index in [-0.39, 0.29) is 11.7 Å². The molecule has 4 nitrogen and oxygen atoms in total. The van der Waals surface area contributed by atoms with Gasteiger partial charge in [-0.3, -0.25) is 0 Å². The Kier molecular flexibility index (Phi) is 2.34. The van der Waals surface area contributed by atoms with Crippen LogP contribution < -0.4 is 10.6 Å². The zero-order chi connectivity index (χ0) is 8.32. The minimum Gasteiger partial charge on any atom is -0.441 e. The third-order valence-electron chi connectivity index (χ3n) is 1.85. The third-order valence-corrected chi connectivity index (χ3v) is 1.85. The van der Waals surface area contributed by atoms with Gasteiger partial charge in [-0.15, -0.1) is 0 Å². The average Bonchev–Trinajstić information content (AvgIpc) is 2.28. The van der Waals surface area contributed by atoms with Crippen LogP contribution in [-0.4, -0.2) is 31.8 Å². The minimum atomic E-state index is -0.305. The number of amides is 1. The van der Waals surface area contributed by atoms with Crippen molar-refractivity contribution in [2.75, 3.05) is 20.1 Å². The summed E-state index contributed by atoms with van der Waals surface area (Å²) in [6, 6.07) is 0. The Morgan fingerprint density at radius 1 is 1.82 bits per heavy atom. The molecule has 1 atom stereocenters. The number of alkyl carbamates (subject to hydrolysis) is 1. The van der Waals surface area contributed by atoms with Gasteiger partial charge in [-0.25, -0.2) is 4.79 Å². The van der Waals surface area contributed by atoms with Crippen molar-refractivity contribution < 1.29 is 9.53 Å². The Labute approximate surface area is 66.3 Å². The van der Waals surface area contributed by atoms with Crippen molar-refractivity contribution in [2.24, 2.45) is 0 Å². The van der Waals surface area contributed by atoms with E-state index in [9.17, 15) is 4.79 Å². The van der Waals surface area contributed by atoms with Crippen LogP contribution in [0.25, 0.3) is 0 Å². The van der Waals surface area contributed by atoms with Crippen molar-refractivity contribution in [2.45, 2.75) is 18.9 Å². The van der Waals surface area contributed by atoms with Crippen LogP contribution in [0.4, 0.5) is 4.79 Å². The van der Waals surface area contributed by atoms with E-state index in [0.29, 0.717) is 6.54 Å². The zero-order valence-electron chi connectivity index (χ0n) is 6.94. The highest BCUT2D eigenvalue weighted by molar-refractivity contribution is 5.70. The lowest BCUT2D eigenvalue weighted by Gasteiger charge is -2.20. The maximum absolute atomic E-state index is 10.7. The second-order valence-corrected chi connectivity index (χ2v) is 3.05. The normalized spacial score (nSPS) is 29.8. The van der Waals surface area contributed by atoms with Gasteiger partial charge in [-0.2, -0.15) is 0 Å². The van der Waals surface area contributed by atoms with Crippen molar-refractivity contribution in [3.8, 4) is 0 Å². The summed E-state index contributed by atoms with van der Waals surface area (Å²) in [5.41, 5.74) is -0.305. The molecule has 0 saturated carbocycles. The first-order valence-electron chi connectivity index (χ1n) is 3.78. The molecule has 1 saturated heterocycles. The van der Waals surface area contributed by atoms with Gasteiger partial charge in [-0.05, 0) is 20.5 Å². The minimum absolute atomic E-state index is 0.302. The fraction of sp³-hybridized carbons (Fsp3) is 0.857. The molecule has 0 aromatic carbocycles. The highest BCUT2D eigenvalue weighted by Crippen LogP contribution is 2.18. The van der Waals surface area contributed by atoms with Crippen LogP contribution in [0, 0.1) is 0 Å². The molecule has 1 rings (SSSR count). The third kappa shape index (κ3) is 2.08. The van der Waals surface area contributed by atoms with Gasteiger partial charge in [0, 0.05) is 6.42 Å².